The molecule has 0 spiro atoms. The van der Waals surface area contributed by atoms with Crippen molar-refractivity contribution in [2.24, 2.45) is 5.73 Å². The van der Waals surface area contributed by atoms with Crippen LogP contribution in [0.4, 0.5) is 0 Å². The first-order chi connectivity index (χ1) is 3.35. The van der Waals surface area contributed by atoms with E-state index < -0.39 is 0 Å². The van der Waals surface area contributed by atoms with E-state index in [4.69, 9.17) is 5.73 Å². The Bertz CT molecular complexity index is 64.1. The Morgan fingerprint density at radius 1 is 2.00 bits per heavy atom. The van der Waals surface area contributed by atoms with Crippen LogP contribution in [0.3, 0.4) is 0 Å². The smallest absolute Gasteiger partial charge is 0.0558 e. The van der Waals surface area contributed by atoms with Gasteiger partial charge in [0.1, 0.15) is 0 Å². The van der Waals surface area contributed by atoms with Crippen LogP contribution in [0.15, 0.2) is 11.9 Å². The minimum absolute atomic E-state index is 0.972. The van der Waals surface area contributed by atoms with Crippen molar-refractivity contribution >= 4 is 22.9 Å². The van der Waals surface area contributed by atoms with Crippen LogP contribution in [-0.2, 0) is 0 Å². The van der Waals surface area contributed by atoms with Crippen molar-refractivity contribution in [2.45, 2.75) is 13.3 Å². The highest BCUT2D eigenvalue weighted by Gasteiger charge is 1.82. The molecule has 0 unspecified atom stereocenters. The zero-order valence-corrected chi connectivity index (χ0v) is 6.40. The number of hydrogen-bond acceptors (Lipinski definition) is 2. The SMILES string of the molecule is CC/C(=C/N)NI. The van der Waals surface area contributed by atoms with Gasteiger partial charge in [0.2, 0.25) is 0 Å². The van der Waals surface area contributed by atoms with Gasteiger partial charge in [0.15, 0.2) is 0 Å². The van der Waals surface area contributed by atoms with Gasteiger partial charge in [0, 0.05) is 11.9 Å². The fourth-order valence-corrected chi connectivity index (χ4v) is 0.777. The van der Waals surface area contributed by atoms with Crippen LogP contribution in [0, 0.1) is 0 Å². The van der Waals surface area contributed by atoms with Crippen molar-refractivity contribution < 1.29 is 0 Å². The number of rotatable bonds is 2. The quantitative estimate of drug-likeness (QED) is 0.532. The van der Waals surface area contributed by atoms with Crippen LogP contribution >= 0.6 is 22.9 Å². The Morgan fingerprint density at radius 3 is 2.57 bits per heavy atom. The molecule has 0 aromatic carbocycles. The summed E-state index contributed by atoms with van der Waals surface area (Å²) in [6, 6.07) is 0. The van der Waals surface area contributed by atoms with E-state index in [1.54, 1.807) is 6.20 Å². The van der Waals surface area contributed by atoms with E-state index in [2.05, 4.69) is 26.4 Å². The molecule has 0 amide bonds. The van der Waals surface area contributed by atoms with Crippen molar-refractivity contribution in [3.8, 4) is 0 Å². The molecule has 0 aliphatic rings. The maximum Gasteiger partial charge on any atom is 0.0558 e. The summed E-state index contributed by atoms with van der Waals surface area (Å²) < 4.78 is 2.91. The lowest BCUT2D eigenvalue weighted by Crippen LogP contribution is -1.98. The van der Waals surface area contributed by atoms with E-state index in [0.29, 0.717) is 0 Å². The predicted molar refractivity (Wildman–Crippen MR) is 39.7 cm³/mol. The van der Waals surface area contributed by atoms with Crippen LogP contribution in [0.5, 0.6) is 0 Å². The Labute approximate surface area is 57.7 Å². The van der Waals surface area contributed by atoms with Gasteiger partial charge in [-0.1, -0.05) is 6.92 Å². The van der Waals surface area contributed by atoms with E-state index in [-0.39, 0.29) is 0 Å². The Kier molecular flexibility index (Phi) is 4.28. The lowest BCUT2D eigenvalue weighted by molar-refractivity contribution is 1.03. The molecule has 0 radical (unpaired) electrons. The van der Waals surface area contributed by atoms with Gasteiger partial charge in [0.05, 0.1) is 22.9 Å². The van der Waals surface area contributed by atoms with Crippen molar-refractivity contribution in [2.75, 3.05) is 0 Å². The molecule has 0 aliphatic carbocycles. The van der Waals surface area contributed by atoms with Gasteiger partial charge in [0.25, 0.3) is 0 Å². The highest BCUT2D eigenvalue weighted by atomic mass is 127. The third kappa shape index (κ3) is 2.73. The maximum atomic E-state index is 5.16. The Hall–Kier alpha value is 0.0700. The molecule has 0 saturated carbocycles. The van der Waals surface area contributed by atoms with Crippen molar-refractivity contribution in [3.63, 3.8) is 0 Å². The summed E-state index contributed by atoms with van der Waals surface area (Å²) >= 11 is 2.05. The standard InChI is InChI=1S/C4H9IN2/c1-2-4(3-6)7-5/h3,7H,2,6H2,1H3/b4-3-. The van der Waals surface area contributed by atoms with Crippen LogP contribution in [0.2, 0.25) is 0 Å². The molecule has 0 atom stereocenters. The Balaban J connectivity index is 3.38. The molecule has 0 aromatic rings. The van der Waals surface area contributed by atoms with E-state index in [9.17, 15) is 0 Å². The van der Waals surface area contributed by atoms with Gasteiger partial charge in [-0.2, -0.15) is 0 Å². The van der Waals surface area contributed by atoms with Crippen LogP contribution in [0.25, 0.3) is 0 Å². The van der Waals surface area contributed by atoms with Gasteiger partial charge in [-0.3, -0.25) is 0 Å². The molecule has 0 fully saturated rings. The van der Waals surface area contributed by atoms with Gasteiger partial charge >= 0.3 is 0 Å². The van der Waals surface area contributed by atoms with Crippen LogP contribution in [0.1, 0.15) is 13.3 Å². The van der Waals surface area contributed by atoms with E-state index >= 15 is 0 Å². The molecule has 0 aliphatic heterocycles. The summed E-state index contributed by atoms with van der Waals surface area (Å²) in [4.78, 5) is 0. The number of hydrogen-bond donors (Lipinski definition) is 2. The first kappa shape index (κ1) is 7.07. The lowest BCUT2D eigenvalue weighted by Gasteiger charge is -1.95. The highest BCUT2D eigenvalue weighted by Crippen LogP contribution is 1.93. The van der Waals surface area contributed by atoms with Crippen LogP contribution < -0.4 is 9.26 Å². The summed E-state index contributed by atoms with van der Waals surface area (Å²) in [5.41, 5.74) is 6.23. The molecule has 42 valence electrons. The molecular formula is C4H9IN2. The predicted octanol–water partition coefficient (Wildman–Crippen LogP) is 1.14. The first-order valence-electron chi connectivity index (χ1n) is 2.12. The molecule has 3 N–H and O–H groups in total. The van der Waals surface area contributed by atoms with Gasteiger partial charge < -0.3 is 9.26 Å². The average Bonchev–Trinajstić information content (AvgIpc) is 1.72. The molecule has 3 heteroatoms. The fraction of sp³-hybridized carbons (Fsp3) is 0.500. The van der Waals surface area contributed by atoms with E-state index in [0.717, 1.165) is 12.1 Å². The van der Waals surface area contributed by atoms with Gasteiger partial charge in [-0.15, -0.1) is 0 Å². The molecular weight excluding hydrogens is 203 g/mol. The van der Waals surface area contributed by atoms with Crippen molar-refractivity contribution in [1.82, 2.24) is 3.53 Å². The molecule has 0 heterocycles. The fourth-order valence-electron chi connectivity index (χ4n) is 0.216. The maximum absolute atomic E-state index is 5.16. The molecule has 7 heavy (non-hydrogen) atoms. The zero-order valence-electron chi connectivity index (χ0n) is 4.24. The molecule has 0 bridgehead atoms. The summed E-state index contributed by atoms with van der Waals surface area (Å²) in [5.74, 6) is 0. The van der Waals surface area contributed by atoms with Gasteiger partial charge in [-0.05, 0) is 6.42 Å². The monoisotopic (exact) mass is 212 g/mol. The molecule has 0 aromatic heterocycles. The number of allylic oxidation sites excluding steroid dienone is 1. The second-order valence-corrected chi connectivity index (χ2v) is 1.68. The summed E-state index contributed by atoms with van der Waals surface area (Å²) in [6.07, 6.45) is 2.55. The second-order valence-electron chi connectivity index (χ2n) is 1.14. The summed E-state index contributed by atoms with van der Waals surface area (Å²) in [7, 11) is 0. The normalized spacial score (nSPS) is 11.4. The molecule has 0 saturated heterocycles. The molecule has 0 rings (SSSR count). The third-order valence-corrected chi connectivity index (χ3v) is 1.40. The van der Waals surface area contributed by atoms with E-state index in [1.807, 2.05) is 6.92 Å². The summed E-state index contributed by atoms with van der Waals surface area (Å²) in [6.45, 7) is 2.05. The zero-order chi connectivity index (χ0) is 5.70. The number of halogens is 1. The molecule has 2 nitrogen and oxygen atoms in total. The van der Waals surface area contributed by atoms with Crippen molar-refractivity contribution in [3.05, 3.63) is 11.9 Å². The number of nitrogens with two attached hydrogens (primary N) is 1. The minimum atomic E-state index is 0.972. The third-order valence-electron chi connectivity index (χ3n) is 0.703. The second kappa shape index (κ2) is 4.23. The van der Waals surface area contributed by atoms with E-state index in [1.165, 1.54) is 0 Å². The first-order valence-corrected chi connectivity index (χ1v) is 3.20. The lowest BCUT2D eigenvalue weighted by atomic mass is 10.4. The Morgan fingerprint density at radius 2 is 2.57 bits per heavy atom. The number of nitrogens with one attached hydrogen (secondary N) is 1. The topological polar surface area (TPSA) is 38.0 Å². The highest BCUT2D eigenvalue weighted by molar-refractivity contribution is 14.1. The average molecular weight is 212 g/mol. The summed E-state index contributed by atoms with van der Waals surface area (Å²) in [5, 5.41) is 0. The largest absolute Gasteiger partial charge is 0.403 e. The van der Waals surface area contributed by atoms with Crippen LogP contribution in [-0.4, -0.2) is 0 Å². The minimum Gasteiger partial charge on any atom is -0.403 e. The van der Waals surface area contributed by atoms with Crippen molar-refractivity contribution in [1.29, 1.82) is 0 Å². The van der Waals surface area contributed by atoms with Gasteiger partial charge in [-0.25, -0.2) is 0 Å².